The van der Waals surface area contributed by atoms with E-state index in [0.717, 1.165) is 23.4 Å². The molecular weight excluding hydrogens is 264 g/mol. The van der Waals surface area contributed by atoms with Gasteiger partial charge < -0.3 is 10.3 Å². The number of nitrogens with one attached hydrogen (secondary N) is 2. The smallest absolute Gasteiger partial charge is 0.257 e. The summed E-state index contributed by atoms with van der Waals surface area (Å²) in [6.07, 6.45) is 4.57. The summed E-state index contributed by atoms with van der Waals surface area (Å²) in [6, 6.07) is 0. The first-order valence-electron chi connectivity index (χ1n) is 7.06. The second-order valence-corrected chi connectivity index (χ2v) is 5.31. The molecule has 3 heterocycles. The Balaban J connectivity index is 2.11. The van der Waals surface area contributed by atoms with Crippen LogP contribution in [0.2, 0.25) is 0 Å². The van der Waals surface area contributed by atoms with Gasteiger partial charge in [0.05, 0.1) is 5.57 Å². The maximum Gasteiger partial charge on any atom is 0.257 e. The largest absolute Gasteiger partial charge is 0.359 e. The van der Waals surface area contributed by atoms with Crippen molar-refractivity contribution < 1.29 is 4.79 Å². The number of carbonyl (C=O) groups excluding carboxylic acids is 1. The number of hydrogen-bond acceptors (Lipinski definition) is 3. The fourth-order valence-corrected chi connectivity index (χ4v) is 2.84. The van der Waals surface area contributed by atoms with Gasteiger partial charge in [0.1, 0.15) is 11.6 Å². The number of carbonyl (C=O) groups is 1. The third-order valence-corrected chi connectivity index (χ3v) is 3.95. The third kappa shape index (κ3) is 2.14. The molecule has 0 unspecified atom stereocenters. The molecule has 2 aromatic rings. The number of rotatable bonds is 2. The standard InChI is InChI=1S/C16H18N4O/c1-5-11-8(2)14(18-9(11)3)6-12-13-7-17-10(4)19-15(13)20-16(12)21/h6-7,18H,5H2,1-4H3,(H,17,19,20,21). The average molecular weight is 282 g/mol. The van der Waals surface area contributed by atoms with Gasteiger partial charge in [-0.25, -0.2) is 9.97 Å². The number of aromatic amines is 1. The van der Waals surface area contributed by atoms with E-state index in [1.165, 1.54) is 11.1 Å². The van der Waals surface area contributed by atoms with Crippen LogP contribution in [-0.2, 0) is 11.2 Å². The lowest BCUT2D eigenvalue weighted by Gasteiger charge is -1.99. The van der Waals surface area contributed by atoms with Gasteiger partial charge in [-0.3, -0.25) is 4.79 Å². The summed E-state index contributed by atoms with van der Waals surface area (Å²) in [4.78, 5) is 24.0. The third-order valence-electron chi connectivity index (χ3n) is 3.95. The maximum atomic E-state index is 12.2. The van der Waals surface area contributed by atoms with Crippen molar-refractivity contribution in [2.45, 2.75) is 34.1 Å². The Hall–Kier alpha value is -2.43. The molecule has 2 aromatic heterocycles. The summed E-state index contributed by atoms with van der Waals surface area (Å²) in [6.45, 7) is 8.07. The summed E-state index contributed by atoms with van der Waals surface area (Å²) in [7, 11) is 0. The Morgan fingerprint density at radius 2 is 2.05 bits per heavy atom. The van der Waals surface area contributed by atoms with Crippen LogP contribution in [0.3, 0.4) is 0 Å². The molecule has 1 amide bonds. The molecule has 21 heavy (non-hydrogen) atoms. The monoisotopic (exact) mass is 282 g/mol. The van der Waals surface area contributed by atoms with E-state index in [2.05, 4.69) is 41.0 Å². The summed E-state index contributed by atoms with van der Waals surface area (Å²) >= 11 is 0. The van der Waals surface area contributed by atoms with Gasteiger partial charge >= 0.3 is 0 Å². The fourth-order valence-electron chi connectivity index (χ4n) is 2.84. The highest BCUT2D eigenvalue weighted by Crippen LogP contribution is 2.32. The molecule has 0 aliphatic carbocycles. The number of nitrogens with zero attached hydrogens (tertiary/aromatic N) is 2. The van der Waals surface area contributed by atoms with Crippen LogP contribution in [0, 0.1) is 20.8 Å². The number of amides is 1. The van der Waals surface area contributed by atoms with Crippen LogP contribution < -0.4 is 5.32 Å². The van der Waals surface area contributed by atoms with Crippen LogP contribution >= 0.6 is 0 Å². The van der Waals surface area contributed by atoms with E-state index in [1.54, 1.807) is 13.1 Å². The maximum absolute atomic E-state index is 12.2. The number of anilines is 1. The van der Waals surface area contributed by atoms with Gasteiger partial charge in [-0.1, -0.05) is 6.92 Å². The first-order chi connectivity index (χ1) is 10.0. The van der Waals surface area contributed by atoms with Gasteiger partial charge in [-0.15, -0.1) is 0 Å². The molecule has 2 N–H and O–H groups in total. The molecule has 0 atom stereocenters. The summed E-state index contributed by atoms with van der Waals surface area (Å²) in [5.41, 5.74) is 5.99. The average Bonchev–Trinajstić information content (AvgIpc) is 2.87. The molecule has 5 nitrogen and oxygen atoms in total. The van der Waals surface area contributed by atoms with Crippen LogP contribution in [0.4, 0.5) is 5.82 Å². The molecule has 108 valence electrons. The van der Waals surface area contributed by atoms with Crippen molar-refractivity contribution in [1.29, 1.82) is 0 Å². The van der Waals surface area contributed by atoms with Gasteiger partial charge in [0.25, 0.3) is 5.91 Å². The highest BCUT2D eigenvalue weighted by molar-refractivity contribution is 6.34. The lowest BCUT2D eigenvalue weighted by molar-refractivity contribution is -0.110. The topological polar surface area (TPSA) is 70.7 Å². The van der Waals surface area contributed by atoms with Crippen LogP contribution in [-0.4, -0.2) is 20.9 Å². The number of aryl methyl sites for hydroxylation is 2. The van der Waals surface area contributed by atoms with Crippen LogP contribution in [0.15, 0.2) is 6.20 Å². The van der Waals surface area contributed by atoms with E-state index in [9.17, 15) is 4.79 Å². The highest BCUT2D eigenvalue weighted by Gasteiger charge is 2.26. The van der Waals surface area contributed by atoms with Crippen molar-refractivity contribution in [2.75, 3.05) is 5.32 Å². The van der Waals surface area contributed by atoms with E-state index < -0.39 is 0 Å². The predicted molar refractivity (Wildman–Crippen MR) is 82.9 cm³/mol. The second-order valence-electron chi connectivity index (χ2n) is 5.31. The molecule has 0 saturated heterocycles. The zero-order valence-corrected chi connectivity index (χ0v) is 12.7. The Bertz CT molecular complexity index is 771. The van der Waals surface area contributed by atoms with Crippen LogP contribution in [0.25, 0.3) is 11.6 Å². The van der Waals surface area contributed by atoms with Crippen molar-refractivity contribution in [3.05, 3.63) is 40.1 Å². The zero-order chi connectivity index (χ0) is 15.1. The van der Waals surface area contributed by atoms with Gasteiger partial charge in [-0.2, -0.15) is 0 Å². The first kappa shape index (κ1) is 13.5. The van der Waals surface area contributed by atoms with E-state index in [1.807, 2.05) is 6.08 Å². The first-order valence-corrected chi connectivity index (χ1v) is 7.06. The Kier molecular flexibility index (Phi) is 3.12. The van der Waals surface area contributed by atoms with Gasteiger partial charge in [0.15, 0.2) is 0 Å². The van der Waals surface area contributed by atoms with E-state index in [4.69, 9.17) is 0 Å². The van der Waals surface area contributed by atoms with Crippen molar-refractivity contribution in [2.24, 2.45) is 0 Å². The Morgan fingerprint density at radius 1 is 1.29 bits per heavy atom. The minimum Gasteiger partial charge on any atom is -0.359 e. The van der Waals surface area contributed by atoms with Crippen molar-refractivity contribution in [1.82, 2.24) is 15.0 Å². The number of aromatic nitrogens is 3. The van der Waals surface area contributed by atoms with Crippen molar-refractivity contribution in [3.8, 4) is 0 Å². The lowest BCUT2D eigenvalue weighted by Crippen LogP contribution is -2.04. The van der Waals surface area contributed by atoms with E-state index in [0.29, 0.717) is 17.2 Å². The second kappa shape index (κ2) is 4.84. The fraction of sp³-hybridized carbons (Fsp3) is 0.312. The van der Waals surface area contributed by atoms with Crippen LogP contribution in [0.1, 0.15) is 40.8 Å². The summed E-state index contributed by atoms with van der Waals surface area (Å²) in [5.74, 6) is 1.11. The van der Waals surface area contributed by atoms with Gasteiger partial charge in [0, 0.05) is 23.1 Å². The van der Waals surface area contributed by atoms with E-state index >= 15 is 0 Å². The molecule has 1 aliphatic rings. The molecule has 0 radical (unpaired) electrons. The molecular formula is C16H18N4O. The highest BCUT2D eigenvalue weighted by atomic mass is 16.2. The summed E-state index contributed by atoms with van der Waals surface area (Å²) in [5, 5.41) is 2.79. The zero-order valence-electron chi connectivity index (χ0n) is 12.7. The number of H-pyrrole nitrogens is 1. The van der Waals surface area contributed by atoms with Crippen molar-refractivity contribution in [3.63, 3.8) is 0 Å². The molecule has 0 spiro atoms. The Morgan fingerprint density at radius 3 is 2.71 bits per heavy atom. The minimum absolute atomic E-state index is 0.130. The van der Waals surface area contributed by atoms with Gasteiger partial charge in [0.2, 0.25) is 0 Å². The van der Waals surface area contributed by atoms with E-state index in [-0.39, 0.29) is 5.91 Å². The minimum atomic E-state index is -0.130. The Labute approximate surface area is 123 Å². The number of fused-ring (bicyclic) bond motifs is 1. The van der Waals surface area contributed by atoms with Crippen LogP contribution in [0.5, 0.6) is 0 Å². The van der Waals surface area contributed by atoms with Gasteiger partial charge in [-0.05, 0) is 44.4 Å². The summed E-state index contributed by atoms with van der Waals surface area (Å²) < 4.78 is 0. The molecule has 1 aliphatic heterocycles. The number of hydrogen-bond donors (Lipinski definition) is 2. The molecule has 3 rings (SSSR count). The molecule has 0 aromatic carbocycles. The van der Waals surface area contributed by atoms with Crippen molar-refractivity contribution >= 4 is 23.4 Å². The normalized spacial score (nSPS) is 15.4. The molecule has 0 saturated carbocycles. The predicted octanol–water partition coefficient (Wildman–Crippen LogP) is 2.79. The molecule has 0 bridgehead atoms. The molecule has 0 fully saturated rings. The molecule has 5 heteroatoms. The quantitative estimate of drug-likeness (QED) is 0.832. The SMILES string of the molecule is CCc1c(C)[nH]c(C=C2C(=O)Nc3nc(C)ncc32)c1C. The lowest BCUT2D eigenvalue weighted by atomic mass is 10.0.